The summed E-state index contributed by atoms with van der Waals surface area (Å²) in [4.78, 5) is 10.4. The highest BCUT2D eigenvalue weighted by atomic mass is 35.5. The average molecular weight is 200 g/mol. The molecule has 0 aromatic heterocycles. The van der Waals surface area contributed by atoms with Crippen LogP contribution in [0.2, 0.25) is 5.02 Å². The van der Waals surface area contributed by atoms with E-state index in [-0.39, 0.29) is 10.6 Å². The lowest BCUT2D eigenvalue weighted by Crippen LogP contribution is -2.01. The summed E-state index contributed by atoms with van der Waals surface area (Å²) in [6, 6.07) is 3.37. The average Bonchev–Trinajstić information content (AvgIpc) is 2.03. The van der Waals surface area contributed by atoms with E-state index in [9.17, 15) is 9.18 Å². The topological polar surface area (TPSA) is 61.1 Å². The van der Waals surface area contributed by atoms with Crippen molar-refractivity contribution >= 4 is 17.6 Å². The zero-order valence-corrected chi connectivity index (χ0v) is 6.97. The molecule has 0 aliphatic rings. The lowest BCUT2D eigenvalue weighted by atomic mass is 10.1. The van der Waals surface area contributed by atoms with Crippen molar-refractivity contribution in [2.75, 3.05) is 0 Å². The highest BCUT2D eigenvalue weighted by Crippen LogP contribution is 2.19. The lowest BCUT2D eigenvalue weighted by Gasteiger charge is -1.99. The molecule has 1 N–H and O–H groups in total. The number of carboxylic acid groups (broad SMARTS) is 1. The summed E-state index contributed by atoms with van der Waals surface area (Å²) in [6.45, 7) is 0. The number of hydrogen-bond donors (Lipinski definition) is 1. The standard InChI is InChI=1S/C8H3ClFNO2/c9-6-2-7(10)5(8(12)13)1-4(6)3-11/h1-2H,(H,12,13). The summed E-state index contributed by atoms with van der Waals surface area (Å²) in [6.07, 6.45) is 0. The fraction of sp³-hybridized carbons (Fsp3) is 0. The summed E-state index contributed by atoms with van der Waals surface area (Å²) in [7, 11) is 0. The third-order valence-corrected chi connectivity index (χ3v) is 1.72. The van der Waals surface area contributed by atoms with Crippen LogP contribution in [0.3, 0.4) is 0 Å². The zero-order valence-electron chi connectivity index (χ0n) is 6.21. The van der Waals surface area contributed by atoms with Gasteiger partial charge in [0.05, 0.1) is 16.1 Å². The zero-order chi connectivity index (χ0) is 10.0. The molecule has 0 amide bonds. The van der Waals surface area contributed by atoms with Gasteiger partial charge in [-0.3, -0.25) is 0 Å². The van der Waals surface area contributed by atoms with Crippen LogP contribution in [-0.2, 0) is 0 Å². The fourth-order valence-corrected chi connectivity index (χ4v) is 0.991. The van der Waals surface area contributed by atoms with Crippen LogP contribution in [0.15, 0.2) is 12.1 Å². The van der Waals surface area contributed by atoms with Gasteiger partial charge in [-0.25, -0.2) is 9.18 Å². The molecule has 0 saturated heterocycles. The van der Waals surface area contributed by atoms with Crippen LogP contribution >= 0.6 is 11.6 Å². The minimum atomic E-state index is -1.43. The summed E-state index contributed by atoms with van der Waals surface area (Å²) in [5, 5.41) is 16.9. The molecular formula is C8H3ClFNO2. The highest BCUT2D eigenvalue weighted by molar-refractivity contribution is 6.31. The first-order valence-corrected chi connectivity index (χ1v) is 3.56. The largest absolute Gasteiger partial charge is 0.478 e. The molecule has 13 heavy (non-hydrogen) atoms. The fourth-order valence-electron chi connectivity index (χ4n) is 0.799. The Hall–Kier alpha value is -1.60. The number of carbonyl (C=O) groups is 1. The maximum atomic E-state index is 12.8. The number of nitriles is 1. The Morgan fingerprint density at radius 1 is 1.62 bits per heavy atom. The van der Waals surface area contributed by atoms with E-state index in [0.29, 0.717) is 0 Å². The molecule has 5 heteroatoms. The number of rotatable bonds is 1. The minimum Gasteiger partial charge on any atom is -0.478 e. The predicted octanol–water partition coefficient (Wildman–Crippen LogP) is 2.05. The highest BCUT2D eigenvalue weighted by Gasteiger charge is 2.13. The lowest BCUT2D eigenvalue weighted by molar-refractivity contribution is 0.0692. The van der Waals surface area contributed by atoms with E-state index in [4.69, 9.17) is 22.0 Å². The SMILES string of the molecule is N#Cc1cc(C(=O)O)c(F)cc1Cl. The van der Waals surface area contributed by atoms with Crippen molar-refractivity contribution in [3.05, 3.63) is 34.1 Å². The van der Waals surface area contributed by atoms with Gasteiger partial charge in [-0.05, 0) is 12.1 Å². The van der Waals surface area contributed by atoms with Crippen molar-refractivity contribution in [2.24, 2.45) is 0 Å². The minimum absolute atomic E-state index is 0.0551. The number of halogens is 2. The Balaban J connectivity index is 3.41. The first-order chi connectivity index (χ1) is 6.06. The van der Waals surface area contributed by atoms with Gasteiger partial charge in [0.1, 0.15) is 11.9 Å². The maximum Gasteiger partial charge on any atom is 0.338 e. The summed E-state index contributed by atoms with van der Waals surface area (Å²) >= 11 is 5.45. The number of hydrogen-bond acceptors (Lipinski definition) is 2. The Morgan fingerprint density at radius 3 is 2.69 bits per heavy atom. The summed E-state index contributed by atoms with van der Waals surface area (Å²) < 4.78 is 12.8. The molecule has 0 heterocycles. The molecule has 1 aromatic rings. The van der Waals surface area contributed by atoms with Gasteiger partial charge in [-0.15, -0.1) is 0 Å². The van der Waals surface area contributed by atoms with Gasteiger partial charge < -0.3 is 5.11 Å². The van der Waals surface area contributed by atoms with Gasteiger partial charge in [0, 0.05) is 0 Å². The molecule has 0 aliphatic carbocycles. The van der Waals surface area contributed by atoms with Crippen molar-refractivity contribution in [3.63, 3.8) is 0 Å². The van der Waals surface area contributed by atoms with Gasteiger partial charge in [-0.1, -0.05) is 11.6 Å². The molecule has 0 spiro atoms. The van der Waals surface area contributed by atoms with Crippen LogP contribution < -0.4 is 0 Å². The van der Waals surface area contributed by atoms with Crippen LogP contribution in [0.4, 0.5) is 4.39 Å². The van der Waals surface area contributed by atoms with Crippen LogP contribution in [0.5, 0.6) is 0 Å². The molecule has 1 aromatic carbocycles. The number of benzene rings is 1. The van der Waals surface area contributed by atoms with E-state index in [0.717, 1.165) is 12.1 Å². The van der Waals surface area contributed by atoms with Crippen molar-refractivity contribution < 1.29 is 14.3 Å². The van der Waals surface area contributed by atoms with E-state index < -0.39 is 17.3 Å². The molecule has 0 saturated carbocycles. The van der Waals surface area contributed by atoms with Crippen molar-refractivity contribution in [3.8, 4) is 6.07 Å². The van der Waals surface area contributed by atoms with Crippen LogP contribution in [-0.4, -0.2) is 11.1 Å². The first kappa shape index (κ1) is 9.49. The van der Waals surface area contributed by atoms with E-state index in [1.807, 2.05) is 0 Å². The van der Waals surface area contributed by atoms with Crippen molar-refractivity contribution in [2.45, 2.75) is 0 Å². The second kappa shape index (κ2) is 3.42. The van der Waals surface area contributed by atoms with Gasteiger partial charge in [-0.2, -0.15) is 5.26 Å². The summed E-state index contributed by atoms with van der Waals surface area (Å²) in [5.74, 6) is -2.37. The Labute approximate surface area is 78.0 Å². The van der Waals surface area contributed by atoms with Crippen LogP contribution in [0.25, 0.3) is 0 Å². The number of aromatic carboxylic acids is 1. The summed E-state index contributed by atoms with van der Waals surface area (Å²) in [5.41, 5.74) is -0.610. The predicted molar refractivity (Wildman–Crippen MR) is 43.1 cm³/mol. The number of nitrogens with zero attached hydrogens (tertiary/aromatic N) is 1. The van der Waals surface area contributed by atoms with Crippen molar-refractivity contribution in [1.82, 2.24) is 0 Å². The monoisotopic (exact) mass is 199 g/mol. The molecule has 66 valence electrons. The second-order valence-corrected chi connectivity index (χ2v) is 2.64. The van der Waals surface area contributed by atoms with Gasteiger partial charge in [0.15, 0.2) is 0 Å². The molecule has 0 bridgehead atoms. The molecule has 0 aliphatic heterocycles. The van der Waals surface area contributed by atoms with Crippen molar-refractivity contribution in [1.29, 1.82) is 5.26 Å². The molecule has 0 fully saturated rings. The van der Waals surface area contributed by atoms with E-state index in [2.05, 4.69) is 0 Å². The van der Waals surface area contributed by atoms with E-state index >= 15 is 0 Å². The first-order valence-electron chi connectivity index (χ1n) is 3.18. The Bertz CT molecular complexity index is 411. The molecule has 3 nitrogen and oxygen atoms in total. The normalized spacial score (nSPS) is 9.31. The van der Waals surface area contributed by atoms with Gasteiger partial charge >= 0.3 is 5.97 Å². The second-order valence-electron chi connectivity index (χ2n) is 2.23. The molecule has 1 rings (SSSR count). The molecule has 0 unspecified atom stereocenters. The maximum absolute atomic E-state index is 12.8. The molecule has 0 radical (unpaired) electrons. The van der Waals surface area contributed by atoms with E-state index in [1.165, 1.54) is 0 Å². The molecular weight excluding hydrogens is 197 g/mol. The van der Waals surface area contributed by atoms with E-state index in [1.54, 1.807) is 6.07 Å². The third-order valence-electron chi connectivity index (χ3n) is 1.41. The quantitative estimate of drug-likeness (QED) is 0.753. The third kappa shape index (κ3) is 1.76. The Morgan fingerprint density at radius 2 is 2.23 bits per heavy atom. The number of carboxylic acids is 1. The Kier molecular flexibility index (Phi) is 2.49. The van der Waals surface area contributed by atoms with Crippen LogP contribution in [0, 0.1) is 17.1 Å². The van der Waals surface area contributed by atoms with Gasteiger partial charge in [0.25, 0.3) is 0 Å². The van der Waals surface area contributed by atoms with Crippen LogP contribution in [0.1, 0.15) is 15.9 Å². The molecule has 0 atom stereocenters. The smallest absolute Gasteiger partial charge is 0.338 e. The van der Waals surface area contributed by atoms with Gasteiger partial charge in [0.2, 0.25) is 0 Å².